The zero-order valence-electron chi connectivity index (χ0n) is 23.4. The Bertz CT molecular complexity index is 1760. The second-order valence-corrected chi connectivity index (χ2v) is 11.7. The molecule has 3 aliphatic rings. The van der Waals surface area contributed by atoms with Crippen LogP contribution < -0.4 is 9.80 Å². The predicted molar refractivity (Wildman–Crippen MR) is 158 cm³/mol. The summed E-state index contributed by atoms with van der Waals surface area (Å²) >= 11 is 0. The first-order valence-corrected chi connectivity index (χ1v) is 14.4. The summed E-state index contributed by atoms with van der Waals surface area (Å²) in [5.74, 6) is 1.85. The Hall–Kier alpha value is -4.10. The van der Waals surface area contributed by atoms with Crippen LogP contribution in [0.1, 0.15) is 37.7 Å². The van der Waals surface area contributed by atoms with Gasteiger partial charge in [-0.25, -0.2) is 18.2 Å². The van der Waals surface area contributed by atoms with Gasteiger partial charge in [-0.3, -0.25) is 9.88 Å². The van der Waals surface area contributed by atoms with Crippen molar-refractivity contribution in [3.63, 3.8) is 0 Å². The summed E-state index contributed by atoms with van der Waals surface area (Å²) in [4.78, 5) is 20.3. The molecule has 216 valence electrons. The van der Waals surface area contributed by atoms with Gasteiger partial charge in [0.1, 0.15) is 34.8 Å². The van der Waals surface area contributed by atoms with Gasteiger partial charge >= 0.3 is 0 Å². The number of piperidine rings is 1. The van der Waals surface area contributed by atoms with E-state index < -0.39 is 23.3 Å². The average Bonchev–Trinajstić information content (AvgIpc) is 3.57. The van der Waals surface area contributed by atoms with Gasteiger partial charge in [-0.15, -0.1) is 6.42 Å². The van der Waals surface area contributed by atoms with E-state index in [-0.39, 0.29) is 33.5 Å². The van der Waals surface area contributed by atoms with Gasteiger partial charge in [-0.1, -0.05) is 12.0 Å². The van der Waals surface area contributed by atoms with E-state index in [0.717, 1.165) is 32.4 Å². The topological polar surface area (TPSA) is 68.6 Å². The lowest BCUT2D eigenvalue weighted by molar-refractivity contribution is 0.121. The molecular formula is C32H31F3N6O. The zero-order valence-corrected chi connectivity index (χ0v) is 23.4. The number of rotatable bonds is 3. The molecule has 5 heterocycles. The molecule has 10 heteroatoms. The highest BCUT2D eigenvalue weighted by Gasteiger charge is 2.52. The molecule has 3 aliphatic heterocycles. The van der Waals surface area contributed by atoms with Crippen LogP contribution in [-0.4, -0.2) is 76.4 Å². The van der Waals surface area contributed by atoms with E-state index in [1.54, 1.807) is 6.20 Å². The summed E-state index contributed by atoms with van der Waals surface area (Å²) in [6.07, 6.45) is 10.5. The van der Waals surface area contributed by atoms with Gasteiger partial charge in [0, 0.05) is 49.9 Å². The second-order valence-electron chi connectivity index (χ2n) is 11.7. The summed E-state index contributed by atoms with van der Waals surface area (Å²) in [5.41, 5.74) is -0.508. The van der Waals surface area contributed by atoms with Crippen LogP contribution >= 0.6 is 0 Å². The average molecular weight is 573 g/mol. The van der Waals surface area contributed by atoms with Crippen molar-refractivity contribution in [2.45, 2.75) is 43.8 Å². The number of likely N-dealkylation sites (tertiary alicyclic amines) is 1. The van der Waals surface area contributed by atoms with Crippen LogP contribution in [0.15, 0.2) is 30.5 Å². The highest BCUT2D eigenvalue weighted by molar-refractivity contribution is 6.03. The van der Waals surface area contributed by atoms with Crippen LogP contribution in [-0.2, 0) is 0 Å². The standard InChI is InChI=1S/C32H31F3N6O/c1-3-21-24(33)8-7-19-15-20(42)16-22(26(19)21)28-27(35)29-23(17-36-28)30(40-11-5-4-6-12-40)38-31(37-29)41-14-10-32(18-41)25(34)9-13-39(32)2/h1,7-8,15-17,25,42H,4-6,9-14,18H2,2H3/t25-,32+/m1/s1. The first-order chi connectivity index (χ1) is 20.3. The number of phenols is 1. The number of halogens is 3. The number of benzene rings is 2. The third kappa shape index (κ3) is 4.05. The van der Waals surface area contributed by atoms with E-state index in [0.29, 0.717) is 55.0 Å². The Balaban J connectivity index is 1.43. The number of aromatic hydroxyl groups is 1. The van der Waals surface area contributed by atoms with Crippen molar-refractivity contribution >= 4 is 33.4 Å². The van der Waals surface area contributed by atoms with Gasteiger partial charge in [-0.05, 0) is 62.7 Å². The lowest BCUT2D eigenvalue weighted by atomic mass is 9.94. The molecule has 42 heavy (non-hydrogen) atoms. The maximum atomic E-state index is 16.7. The van der Waals surface area contributed by atoms with E-state index in [1.165, 1.54) is 24.3 Å². The number of alkyl halides is 1. The van der Waals surface area contributed by atoms with Gasteiger partial charge in [0.05, 0.1) is 16.5 Å². The molecule has 0 saturated carbocycles. The lowest BCUT2D eigenvalue weighted by Crippen LogP contribution is -2.49. The first kappa shape index (κ1) is 26.8. The number of likely N-dealkylation sites (N-methyl/N-ethyl adjacent to an activating group) is 1. The Morgan fingerprint density at radius 1 is 1.05 bits per heavy atom. The smallest absolute Gasteiger partial charge is 0.228 e. The Kier molecular flexibility index (Phi) is 6.39. The zero-order chi connectivity index (χ0) is 29.2. The number of nitrogens with zero attached hydrogens (tertiary/aromatic N) is 6. The SMILES string of the molecule is C#Cc1c(F)ccc2cc(O)cc(-c3ncc4c(N5CCCCC5)nc(N5CC[C@]6(C5)[C@H](F)CCN6C)nc4c3F)c12. The fourth-order valence-electron chi connectivity index (χ4n) is 7.05. The molecule has 0 aliphatic carbocycles. The number of aromatic nitrogens is 3. The first-order valence-electron chi connectivity index (χ1n) is 14.4. The lowest BCUT2D eigenvalue weighted by Gasteiger charge is -2.34. The van der Waals surface area contributed by atoms with Crippen molar-refractivity contribution in [1.82, 2.24) is 19.9 Å². The molecule has 3 fully saturated rings. The largest absolute Gasteiger partial charge is 0.508 e. The molecule has 7 nitrogen and oxygen atoms in total. The normalized spacial score (nSPS) is 23.0. The van der Waals surface area contributed by atoms with Gasteiger partial charge in [0.15, 0.2) is 5.82 Å². The third-order valence-corrected chi connectivity index (χ3v) is 9.38. The van der Waals surface area contributed by atoms with Gasteiger partial charge < -0.3 is 14.9 Å². The number of fused-ring (bicyclic) bond motifs is 2. The van der Waals surface area contributed by atoms with Crippen LogP contribution in [0.4, 0.5) is 24.9 Å². The van der Waals surface area contributed by atoms with Crippen LogP contribution in [0, 0.1) is 24.0 Å². The van der Waals surface area contributed by atoms with E-state index in [4.69, 9.17) is 16.4 Å². The van der Waals surface area contributed by atoms with Gasteiger partial charge in [-0.2, -0.15) is 4.98 Å². The second kappa shape index (κ2) is 10.0. The summed E-state index contributed by atoms with van der Waals surface area (Å²) in [5, 5.41) is 11.7. The Morgan fingerprint density at radius 3 is 2.60 bits per heavy atom. The minimum Gasteiger partial charge on any atom is -0.508 e. The number of anilines is 2. The van der Waals surface area contributed by atoms with Crippen molar-refractivity contribution in [3.05, 3.63) is 47.7 Å². The van der Waals surface area contributed by atoms with Crippen molar-refractivity contribution in [2.24, 2.45) is 0 Å². The molecule has 0 amide bonds. The highest BCUT2D eigenvalue weighted by Crippen LogP contribution is 2.42. The Labute approximate surface area is 242 Å². The summed E-state index contributed by atoms with van der Waals surface area (Å²) in [6, 6.07) is 5.51. The van der Waals surface area contributed by atoms with Crippen molar-refractivity contribution in [3.8, 4) is 29.4 Å². The molecule has 7 rings (SSSR count). The Morgan fingerprint density at radius 2 is 1.86 bits per heavy atom. The van der Waals surface area contributed by atoms with Crippen molar-refractivity contribution in [1.29, 1.82) is 0 Å². The minimum atomic E-state index is -0.952. The van der Waals surface area contributed by atoms with E-state index in [9.17, 15) is 9.50 Å². The molecule has 0 bridgehead atoms. The monoisotopic (exact) mass is 572 g/mol. The number of hydrogen-bond acceptors (Lipinski definition) is 7. The van der Waals surface area contributed by atoms with E-state index in [2.05, 4.69) is 20.7 Å². The number of pyridine rings is 1. The van der Waals surface area contributed by atoms with Gasteiger partial charge in [0.2, 0.25) is 5.95 Å². The maximum Gasteiger partial charge on any atom is 0.228 e. The highest BCUT2D eigenvalue weighted by atomic mass is 19.1. The van der Waals surface area contributed by atoms with Crippen LogP contribution in [0.2, 0.25) is 0 Å². The quantitative estimate of drug-likeness (QED) is 0.329. The number of phenolic OH excluding ortho intramolecular Hbond substituents is 1. The van der Waals surface area contributed by atoms with Crippen molar-refractivity contribution < 1.29 is 18.3 Å². The predicted octanol–water partition coefficient (Wildman–Crippen LogP) is 5.42. The minimum absolute atomic E-state index is 0.0370. The van der Waals surface area contributed by atoms with Gasteiger partial charge in [0.25, 0.3) is 0 Å². The molecule has 2 aromatic heterocycles. The molecule has 1 N–H and O–H groups in total. The number of hydrogen-bond donors (Lipinski definition) is 1. The number of terminal acetylenes is 1. The molecule has 1 spiro atoms. The molecular weight excluding hydrogens is 541 g/mol. The van der Waals surface area contributed by atoms with E-state index in [1.807, 2.05) is 11.9 Å². The third-order valence-electron chi connectivity index (χ3n) is 9.38. The molecule has 0 radical (unpaired) electrons. The molecule has 2 atom stereocenters. The van der Waals surface area contributed by atoms with Crippen molar-refractivity contribution in [2.75, 3.05) is 49.6 Å². The van der Waals surface area contributed by atoms with E-state index >= 15 is 8.78 Å². The maximum absolute atomic E-state index is 16.7. The summed E-state index contributed by atoms with van der Waals surface area (Å²) in [7, 11) is 1.95. The summed E-state index contributed by atoms with van der Waals surface area (Å²) < 4.78 is 46.6. The van der Waals surface area contributed by atoms with Crippen LogP contribution in [0.3, 0.4) is 0 Å². The molecule has 4 aromatic rings. The molecule has 0 unspecified atom stereocenters. The fraction of sp³-hybridized carbons (Fsp3) is 0.406. The molecule has 3 saturated heterocycles. The van der Waals surface area contributed by atoms with Crippen LogP contribution in [0.5, 0.6) is 5.75 Å². The summed E-state index contributed by atoms with van der Waals surface area (Å²) in [6.45, 7) is 3.20. The fourth-order valence-corrected chi connectivity index (χ4v) is 7.05. The molecule has 2 aromatic carbocycles. The van der Waals surface area contributed by atoms with Crippen LogP contribution in [0.25, 0.3) is 32.9 Å².